The highest BCUT2D eigenvalue weighted by atomic mass is 19.1. The summed E-state index contributed by atoms with van der Waals surface area (Å²) in [4.78, 5) is 29.9. The van der Waals surface area contributed by atoms with Crippen molar-refractivity contribution in [3.8, 4) is 17.2 Å². The third kappa shape index (κ3) is 6.47. The number of methoxy groups -OCH3 is 3. The zero-order valence-electron chi connectivity index (χ0n) is 27.0. The lowest BCUT2D eigenvalue weighted by Gasteiger charge is -2.29. The average molecular weight is 614 g/mol. The Kier molecular flexibility index (Phi) is 10.1. The fourth-order valence-corrected chi connectivity index (χ4v) is 5.85. The molecule has 2 atom stereocenters. The number of esters is 1. The monoisotopic (exact) mass is 613 g/mol. The first-order chi connectivity index (χ1) is 20.9. The van der Waals surface area contributed by atoms with Crippen molar-refractivity contribution in [2.75, 3.05) is 52.5 Å². The van der Waals surface area contributed by atoms with Crippen molar-refractivity contribution in [2.45, 2.75) is 71.6 Å². The van der Waals surface area contributed by atoms with Crippen LogP contribution < -0.4 is 19.1 Å². The Bertz CT molecular complexity index is 1420. The second-order valence-corrected chi connectivity index (χ2v) is 12.1. The van der Waals surface area contributed by atoms with Crippen LogP contribution in [0.1, 0.15) is 74.5 Å². The van der Waals surface area contributed by atoms with E-state index in [-0.39, 0.29) is 59.3 Å². The van der Waals surface area contributed by atoms with Gasteiger partial charge in [-0.15, -0.1) is 0 Å². The summed E-state index contributed by atoms with van der Waals surface area (Å²) in [6.07, 6.45) is 0.378. The Morgan fingerprint density at radius 1 is 1.07 bits per heavy atom. The van der Waals surface area contributed by atoms with Gasteiger partial charge in [0.05, 0.1) is 51.8 Å². The molecule has 0 aliphatic carbocycles. The Morgan fingerprint density at radius 2 is 1.77 bits per heavy atom. The molecule has 0 amide bonds. The van der Waals surface area contributed by atoms with Crippen LogP contribution in [0.4, 0.5) is 10.1 Å². The molecule has 0 radical (unpaired) electrons. The van der Waals surface area contributed by atoms with Gasteiger partial charge in [-0.2, -0.15) is 0 Å². The second-order valence-electron chi connectivity index (χ2n) is 12.1. The van der Waals surface area contributed by atoms with Gasteiger partial charge in [0.1, 0.15) is 11.6 Å². The molecule has 4 rings (SSSR count). The summed E-state index contributed by atoms with van der Waals surface area (Å²) in [6.45, 7) is 11.4. The summed E-state index contributed by atoms with van der Waals surface area (Å²) in [5.41, 5.74) is 2.41. The van der Waals surface area contributed by atoms with Crippen LogP contribution in [-0.4, -0.2) is 82.3 Å². The van der Waals surface area contributed by atoms with Gasteiger partial charge in [0, 0.05) is 30.8 Å². The predicted octanol–water partition coefficient (Wildman–Crippen LogP) is 5.11. The van der Waals surface area contributed by atoms with Crippen LogP contribution >= 0.6 is 0 Å². The Morgan fingerprint density at radius 3 is 2.36 bits per heavy atom. The minimum Gasteiger partial charge on any atom is -0.494 e. The lowest BCUT2D eigenvalue weighted by atomic mass is 9.84. The maximum atomic E-state index is 15.3. The van der Waals surface area contributed by atoms with Gasteiger partial charge in [-0.1, -0.05) is 27.7 Å². The number of amidine groups is 1. The molecule has 2 unspecified atom stereocenters. The first kappa shape index (κ1) is 33.0. The molecule has 2 heterocycles. The van der Waals surface area contributed by atoms with Crippen LogP contribution in [-0.2, 0) is 26.2 Å². The number of ether oxygens (including phenoxy) is 5. The highest BCUT2D eigenvalue weighted by Crippen LogP contribution is 2.42. The van der Waals surface area contributed by atoms with Gasteiger partial charge in [0.15, 0.2) is 29.2 Å². The molecule has 0 spiro atoms. The van der Waals surface area contributed by atoms with Gasteiger partial charge >= 0.3 is 5.97 Å². The minimum absolute atomic E-state index is 0.0702. The molecule has 1 fully saturated rings. The van der Waals surface area contributed by atoms with Crippen LogP contribution in [0.5, 0.6) is 17.2 Å². The molecule has 0 aromatic heterocycles. The number of nitrogens with one attached hydrogen (secondary N) is 1. The van der Waals surface area contributed by atoms with Gasteiger partial charge in [-0.25, -0.2) is 9.18 Å². The summed E-state index contributed by atoms with van der Waals surface area (Å²) in [7, 11) is 4.39. The summed E-state index contributed by atoms with van der Waals surface area (Å²) in [6, 6.07) is 5.32. The van der Waals surface area contributed by atoms with Crippen LogP contribution in [0, 0.1) is 11.2 Å². The van der Waals surface area contributed by atoms with Crippen LogP contribution in [0.2, 0.25) is 0 Å². The molecule has 1 N–H and O–H groups in total. The number of hydrogen-bond acceptors (Lipinski definition) is 9. The number of halogens is 1. The van der Waals surface area contributed by atoms with Crippen LogP contribution in [0.15, 0.2) is 18.2 Å². The molecule has 2 aromatic carbocycles. The van der Waals surface area contributed by atoms with Crippen molar-refractivity contribution in [2.24, 2.45) is 0 Å². The number of rotatable bonds is 12. The van der Waals surface area contributed by atoms with E-state index >= 15 is 4.39 Å². The maximum absolute atomic E-state index is 15.3. The molecule has 44 heavy (non-hydrogen) atoms. The number of carbonyl (C=O) groups excluding carboxylic acids is 2. The number of benzene rings is 2. The van der Waals surface area contributed by atoms with Crippen LogP contribution in [0.3, 0.4) is 0 Å². The SMILES string of the molecule is CCOC(=O)C(CC)OC1CCN(c2cc(C(=O)CN3Cc4cc(OC)c(OC)c(F)c4C3=N)cc(C(C)(C)C)c2OC)C1. The van der Waals surface area contributed by atoms with Gasteiger partial charge in [0.2, 0.25) is 0 Å². The van der Waals surface area contributed by atoms with E-state index in [1.807, 2.05) is 19.1 Å². The predicted molar refractivity (Wildman–Crippen MR) is 165 cm³/mol. The minimum atomic E-state index is -0.678. The zero-order valence-corrected chi connectivity index (χ0v) is 27.0. The number of ketones is 1. The second kappa shape index (κ2) is 13.4. The largest absolute Gasteiger partial charge is 0.494 e. The first-order valence-corrected chi connectivity index (χ1v) is 15.0. The highest BCUT2D eigenvalue weighted by molar-refractivity contribution is 6.06. The highest BCUT2D eigenvalue weighted by Gasteiger charge is 2.35. The quantitative estimate of drug-likeness (QED) is 0.258. The molecule has 0 bridgehead atoms. The third-order valence-electron chi connectivity index (χ3n) is 8.11. The lowest BCUT2D eigenvalue weighted by Crippen LogP contribution is -2.33. The molecule has 10 nitrogen and oxygen atoms in total. The summed E-state index contributed by atoms with van der Waals surface area (Å²) >= 11 is 0. The summed E-state index contributed by atoms with van der Waals surface area (Å²) in [5, 5.41) is 8.68. The number of anilines is 1. The molecule has 240 valence electrons. The van der Waals surface area contributed by atoms with Crippen molar-refractivity contribution >= 4 is 23.3 Å². The van der Waals surface area contributed by atoms with E-state index in [1.165, 1.54) is 14.2 Å². The molecule has 2 aliphatic rings. The van der Waals surface area contributed by atoms with E-state index in [9.17, 15) is 9.59 Å². The summed E-state index contributed by atoms with van der Waals surface area (Å²) < 4.78 is 43.0. The Balaban J connectivity index is 1.61. The van der Waals surface area contributed by atoms with E-state index in [0.717, 1.165) is 11.3 Å². The normalized spacial score (nSPS) is 17.0. The van der Waals surface area contributed by atoms with Gasteiger partial charge in [-0.05, 0) is 48.9 Å². The fraction of sp³-hybridized carbons (Fsp3) is 0.545. The average Bonchev–Trinajstić information content (AvgIpc) is 3.58. The maximum Gasteiger partial charge on any atom is 0.335 e. The molecular formula is C33H44FN3O7. The Labute approximate surface area is 258 Å². The number of carbonyl (C=O) groups is 2. The van der Waals surface area contributed by atoms with Crippen molar-refractivity contribution in [1.29, 1.82) is 5.41 Å². The number of nitrogens with zero attached hydrogens (tertiary/aromatic N) is 2. The van der Waals surface area contributed by atoms with Crippen LogP contribution in [0.25, 0.3) is 0 Å². The van der Waals surface area contributed by atoms with Gasteiger partial charge < -0.3 is 33.5 Å². The lowest BCUT2D eigenvalue weighted by molar-refractivity contribution is -0.160. The van der Waals surface area contributed by atoms with E-state index in [1.54, 1.807) is 25.0 Å². The van der Waals surface area contributed by atoms with E-state index in [0.29, 0.717) is 49.4 Å². The summed E-state index contributed by atoms with van der Waals surface area (Å²) in [5.74, 6) is -0.490. The van der Waals surface area contributed by atoms with Crippen molar-refractivity contribution < 1.29 is 37.7 Å². The fourth-order valence-electron chi connectivity index (χ4n) is 5.85. The van der Waals surface area contributed by atoms with Crippen molar-refractivity contribution in [1.82, 2.24) is 4.90 Å². The number of Topliss-reactive ketones (excluding diaryl/α,β-unsaturated/α-hetero) is 1. The molecule has 1 saturated heterocycles. The molecule has 0 saturated carbocycles. The third-order valence-corrected chi connectivity index (χ3v) is 8.11. The zero-order chi connectivity index (χ0) is 32.3. The molecule has 2 aromatic rings. The molecule has 2 aliphatic heterocycles. The van der Waals surface area contributed by atoms with E-state index in [2.05, 4.69) is 25.7 Å². The standard InChI is InChI=1S/C33H44FN3O7/c1-9-25(32(39)43-10-2)44-21-11-12-36(17-21)23-14-19(13-22(29(23)41-7)33(3,4)5)24(38)18-37-16-20-15-26(40-6)30(42-8)28(34)27(20)31(37)35/h13-15,21,25,35H,9-12,16-18H2,1-8H3. The smallest absolute Gasteiger partial charge is 0.335 e. The van der Waals surface area contributed by atoms with Gasteiger partial charge in [0.25, 0.3) is 0 Å². The van der Waals surface area contributed by atoms with Crippen molar-refractivity contribution in [3.63, 3.8) is 0 Å². The first-order valence-electron chi connectivity index (χ1n) is 15.0. The molecule has 11 heteroatoms. The van der Waals surface area contributed by atoms with Crippen molar-refractivity contribution in [3.05, 3.63) is 46.3 Å². The van der Waals surface area contributed by atoms with E-state index < -0.39 is 11.9 Å². The van der Waals surface area contributed by atoms with Gasteiger partial charge in [-0.3, -0.25) is 10.2 Å². The molecular weight excluding hydrogens is 569 g/mol. The number of hydrogen-bond donors (Lipinski definition) is 1. The Hall–Kier alpha value is -3.86. The number of fused-ring (bicyclic) bond motifs is 1. The van der Waals surface area contributed by atoms with E-state index in [4.69, 9.17) is 29.1 Å². The topological polar surface area (TPSA) is 111 Å².